The molecule has 0 heterocycles. The molecule has 1 aromatic carbocycles. The monoisotopic (exact) mass is 119 g/mol. The van der Waals surface area contributed by atoms with Gasteiger partial charge < -0.3 is 5.73 Å². The third kappa shape index (κ3) is 1.58. The van der Waals surface area contributed by atoms with Gasteiger partial charge in [-0.3, -0.25) is 0 Å². The predicted molar refractivity (Wildman–Crippen MR) is 41.9 cm³/mol. The zero-order chi connectivity index (χ0) is 6.69. The van der Waals surface area contributed by atoms with Crippen LogP contribution in [0.4, 0.5) is 0 Å². The van der Waals surface area contributed by atoms with E-state index in [2.05, 4.69) is 0 Å². The van der Waals surface area contributed by atoms with E-state index in [0.29, 0.717) is 0 Å². The molecule has 0 saturated carbocycles. The molecule has 2 N–H and O–H groups in total. The molecule has 46 valence electrons. The zero-order valence-corrected chi connectivity index (χ0v) is 5.54. The molecule has 0 radical (unpaired) electrons. The molecule has 0 spiro atoms. The first-order chi connectivity index (χ1) is 4.30. The standard InChI is InChI=1S/C7H10BN/c8-7(9)6-4-2-1-3-5-6/h1-5,7H,8-9H2. The topological polar surface area (TPSA) is 26.0 Å². The van der Waals surface area contributed by atoms with Crippen LogP contribution in [0.3, 0.4) is 0 Å². The summed E-state index contributed by atoms with van der Waals surface area (Å²) in [5.41, 5.74) is 6.81. The second kappa shape index (κ2) is 2.69. The first-order valence-electron chi connectivity index (χ1n) is 3.11. The van der Waals surface area contributed by atoms with E-state index in [0.717, 1.165) is 0 Å². The van der Waals surface area contributed by atoms with Gasteiger partial charge in [-0.25, -0.2) is 0 Å². The Bertz CT molecular complexity index is 172. The summed E-state index contributed by atoms with van der Waals surface area (Å²) in [6.45, 7) is 0. The number of nitrogens with two attached hydrogens (primary N) is 1. The fourth-order valence-electron chi connectivity index (χ4n) is 0.757. The highest BCUT2D eigenvalue weighted by molar-refractivity contribution is 6.11. The smallest absolute Gasteiger partial charge is 0.128 e. The summed E-state index contributed by atoms with van der Waals surface area (Å²) < 4.78 is 0. The van der Waals surface area contributed by atoms with Gasteiger partial charge in [-0.15, -0.1) is 0 Å². The summed E-state index contributed by atoms with van der Waals surface area (Å²) in [5, 5.41) is 0. The Morgan fingerprint density at radius 2 is 1.78 bits per heavy atom. The summed E-state index contributed by atoms with van der Waals surface area (Å²) in [4.78, 5) is 0. The van der Waals surface area contributed by atoms with Crippen LogP contribution in [0.25, 0.3) is 0 Å². The maximum absolute atomic E-state index is 5.61. The molecule has 0 bridgehead atoms. The molecule has 0 aromatic heterocycles. The van der Waals surface area contributed by atoms with Crippen molar-refractivity contribution in [2.24, 2.45) is 5.73 Å². The molecule has 0 amide bonds. The molecule has 0 fully saturated rings. The van der Waals surface area contributed by atoms with Gasteiger partial charge in [0.2, 0.25) is 0 Å². The number of hydrogen-bond donors (Lipinski definition) is 1. The third-order valence-corrected chi connectivity index (χ3v) is 1.33. The van der Waals surface area contributed by atoms with Crippen molar-refractivity contribution >= 4 is 7.85 Å². The minimum Gasteiger partial charge on any atom is -0.331 e. The molecule has 1 rings (SSSR count). The van der Waals surface area contributed by atoms with E-state index in [1.165, 1.54) is 5.56 Å². The fraction of sp³-hybridized carbons (Fsp3) is 0.143. The van der Waals surface area contributed by atoms with Gasteiger partial charge in [-0.2, -0.15) is 0 Å². The molecule has 1 atom stereocenters. The molecule has 2 heteroatoms. The molecule has 9 heavy (non-hydrogen) atoms. The van der Waals surface area contributed by atoms with Gasteiger partial charge in [0.15, 0.2) is 0 Å². The van der Waals surface area contributed by atoms with Crippen molar-refractivity contribution in [1.29, 1.82) is 0 Å². The molecule has 0 aliphatic heterocycles. The van der Waals surface area contributed by atoms with E-state index < -0.39 is 0 Å². The minimum atomic E-state index is 0.159. The van der Waals surface area contributed by atoms with Crippen molar-refractivity contribution in [3.8, 4) is 0 Å². The lowest BCUT2D eigenvalue weighted by atomic mass is 9.90. The average Bonchev–Trinajstić information content (AvgIpc) is 1.90. The highest BCUT2D eigenvalue weighted by Gasteiger charge is 1.93. The molecule has 0 aliphatic carbocycles. The van der Waals surface area contributed by atoms with Crippen LogP contribution in [0.5, 0.6) is 0 Å². The van der Waals surface area contributed by atoms with Crippen LogP contribution in [0.2, 0.25) is 0 Å². The van der Waals surface area contributed by atoms with Gasteiger partial charge in [-0.1, -0.05) is 30.3 Å². The maximum Gasteiger partial charge on any atom is 0.128 e. The van der Waals surface area contributed by atoms with Crippen LogP contribution in [-0.2, 0) is 0 Å². The number of rotatable bonds is 1. The molecular formula is C7H10BN. The molecule has 1 unspecified atom stereocenters. The summed E-state index contributed by atoms with van der Waals surface area (Å²) >= 11 is 0. The Balaban J connectivity index is 2.85. The second-order valence-corrected chi connectivity index (χ2v) is 2.20. The molecular weight excluding hydrogens is 109 g/mol. The van der Waals surface area contributed by atoms with Crippen LogP contribution in [-0.4, -0.2) is 7.85 Å². The van der Waals surface area contributed by atoms with E-state index in [9.17, 15) is 0 Å². The zero-order valence-electron chi connectivity index (χ0n) is 5.54. The second-order valence-electron chi connectivity index (χ2n) is 2.20. The largest absolute Gasteiger partial charge is 0.331 e. The summed E-state index contributed by atoms with van der Waals surface area (Å²) in [7, 11) is 1.98. The Morgan fingerprint density at radius 1 is 1.22 bits per heavy atom. The van der Waals surface area contributed by atoms with Gasteiger partial charge in [0, 0.05) is 0 Å². The van der Waals surface area contributed by atoms with Crippen molar-refractivity contribution in [2.75, 3.05) is 0 Å². The van der Waals surface area contributed by atoms with E-state index in [4.69, 9.17) is 5.73 Å². The SMILES string of the molecule is BC(N)c1ccccc1. The normalized spacial score (nSPS) is 13.0. The van der Waals surface area contributed by atoms with Crippen molar-refractivity contribution in [3.05, 3.63) is 35.9 Å². The Kier molecular flexibility index (Phi) is 1.90. The average molecular weight is 119 g/mol. The lowest BCUT2D eigenvalue weighted by molar-refractivity contribution is 1.02. The predicted octanol–water partition coefficient (Wildman–Crippen LogP) is 0.277. The minimum absolute atomic E-state index is 0.159. The van der Waals surface area contributed by atoms with Gasteiger partial charge in [0.25, 0.3) is 0 Å². The van der Waals surface area contributed by atoms with Crippen LogP contribution >= 0.6 is 0 Å². The lowest BCUT2D eigenvalue weighted by Gasteiger charge is -2.02. The van der Waals surface area contributed by atoms with Gasteiger partial charge in [-0.05, 0) is 11.5 Å². The summed E-state index contributed by atoms with van der Waals surface area (Å²) in [5.74, 6) is 0.159. The number of hydrogen-bond acceptors (Lipinski definition) is 1. The van der Waals surface area contributed by atoms with Crippen LogP contribution < -0.4 is 5.73 Å². The van der Waals surface area contributed by atoms with Crippen molar-refractivity contribution in [3.63, 3.8) is 0 Å². The maximum atomic E-state index is 5.61. The number of benzene rings is 1. The van der Waals surface area contributed by atoms with E-state index in [1.54, 1.807) is 0 Å². The lowest BCUT2D eigenvalue weighted by Crippen LogP contribution is -2.08. The third-order valence-electron chi connectivity index (χ3n) is 1.33. The Morgan fingerprint density at radius 3 is 2.11 bits per heavy atom. The van der Waals surface area contributed by atoms with Gasteiger partial charge >= 0.3 is 0 Å². The van der Waals surface area contributed by atoms with Crippen LogP contribution in [0, 0.1) is 0 Å². The molecule has 1 nitrogen and oxygen atoms in total. The van der Waals surface area contributed by atoms with Crippen LogP contribution in [0.15, 0.2) is 30.3 Å². The Labute approximate surface area is 56.3 Å². The van der Waals surface area contributed by atoms with Crippen molar-refractivity contribution in [2.45, 2.75) is 5.94 Å². The highest BCUT2D eigenvalue weighted by atomic mass is 14.6. The first-order valence-corrected chi connectivity index (χ1v) is 3.11. The first kappa shape index (κ1) is 6.37. The highest BCUT2D eigenvalue weighted by Crippen LogP contribution is 2.03. The van der Waals surface area contributed by atoms with E-state index in [-0.39, 0.29) is 5.94 Å². The molecule has 1 aromatic rings. The molecule has 0 aliphatic rings. The van der Waals surface area contributed by atoms with Gasteiger partial charge in [0.1, 0.15) is 7.85 Å². The van der Waals surface area contributed by atoms with Gasteiger partial charge in [0.05, 0.1) is 0 Å². The summed E-state index contributed by atoms with van der Waals surface area (Å²) in [6.07, 6.45) is 0. The fourth-order valence-corrected chi connectivity index (χ4v) is 0.757. The summed E-state index contributed by atoms with van der Waals surface area (Å²) in [6, 6.07) is 10.1. The Hall–Kier alpha value is -0.755. The van der Waals surface area contributed by atoms with Crippen molar-refractivity contribution < 1.29 is 0 Å². The van der Waals surface area contributed by atoms with Crippen LogP contribution in [0.1, 0.15) is 11.5 Å². The van der Waals surface area contributed by atoms with E-state index >= 15 is 0 Å². The van der Waals surface area contributed by atoms with E-state index in [1.807, 2.05) is 38.2 Å². The quantitative estimate of drug-likeness (QED) is 0.527. The van der Waals surface area contributed by atoms with Crippen molar-refractivity contribution in [1.82, 2.24) is 0 Å². The molecule has 0 saturated heterocycles.